The summed E-state index contributed by atoms with van der Waals surface area (Å²) >= 11 is 5.51. The van der Waals surface area contributed by atoms with Crippen LogP contribution in [0.25, 0.3) is 0 Å². The lowest BCUT2D eigenvalue weighted by Gasteiger charge is -2.23. The Hall–Kier alpha value is -0.930. The van der Waals surface area contributed by atoms with E-state index in [1.807, 2.05) is 6.07 Å². The van der Waals surface area contributed by atoms with Crippen LogP contribution < -0.4 is 0 Å². The molecule has 1 unspecified atom stereocenters. The summed E-state index contributed by atoms with van der Waals surface area (Å²) in [7, 11) is 0. The van der Waals surface area contributed by atoms with Crippen LogP contribution in [0.4, 0.5) is 4.39 Å². The van der Waals surface area contributed by atoms with E-state index in [0.29, 0.717) is 11.1 Å². The molecular formula is C11H8Br2FNO2. The molecule has 0 saturated carbocycles. The third-order valence-corrected chi connectivity index (χ3v) is 2.76. The lowest BCUT2D eigenvalue weighted by molar-refractivity contribution is -0.148. The van der Waals surface area contributed by atoms with Crippen molar-refractivity contribution in [3.05, 3.63) is 35.4 Å². The number of benzene rings is 1. The van der Waals surface area contributed by atoms with Gasteiger partial charge in [-0.15, -0.1) is 0 Å². The molecule has 0 aliphatic heterocycles. The predicted molar refractivity (Wildman–Crippen MR) is 67.4 cm³/mol. The quantitative estimate of drug-likeness (QED) is 0.608. The molecule has 1 aromatic carbocycles. The van der Waals surface area contributed by atoms with Gasteiger partial charge in [-0.1, -0.05) is 12.1 Å². The second kappa shape index (κ2) is 5.61. The first-order valence-electron chi connectivity index (χ1n) is 4.58. The van der Waals surface area contributed by atoms with E-state index in [2.05, 4.69) is 31.9 Å². The molecule has 0 heterocycles. The van der Waals surface area contributed by atoms with Crippen LogP contribution in [0, 0.1) is 11.3 Å². The molecule has 0 aliphatic rings. The van der Waals surface area contributed by atoms with E-state index >= 15 is 0 Å². The molecule has 0 aromatic heterocycles. The van der Waals surface area contributed by atoms with Gasteiger partial charge < -0.3 is 4.74 Å². The molecule has 1 rings (SSSR count). The van der Waals surface area contributed by atoms with E-state index in [4.69, 9.17) is 10.00 Å². The van der Waals surface area contributed by atoms with E-state index in [1.54, 1.807) is 0 Å². The van der Waals surface area contributed by atoms with Crippen LogP contribution in [-0.4, -0.2) is 9.46 Å². The molecule has 0 bridgehead atoms. The average molecular weight is 365 g/mol. The fraction of sp³-hybridized carbons (Fsp3) is 0.273. The third kappa shape index (κ3) is 4.10. The Kier molecular flexibility index (Phi) is 4.66. The standard InChI is InChI=1S/C11H8Br2FNO2/c1-7(16)17-10(11(12,13)14)9-4-2-8(6-15)3-5-9/h2-5,10H,1H3. The lowest BCUT2D eigenvalue weighted by Crippen LogP contribution is -2.22. The van der Waals surface area contributed by atoms with Crippen molar-refractivity contribution >= 4 is 37.8 Å². The topological polar surface area (TPSA) is 50.1 Å². The van der Waals surface area contributed by atoms with Gasteiger partial charge >= 0.3 is 5.97 Å². The minimum Gasteiger partial charge on any atom is -0.452 e. The number of esters is 1. The number of rotatable bonds is 3. The molecule has 1 atom stereocenters. The van der Waals surface area contributed by atoms with Crippen molar-refractivity contribution in [2.45, 2.75) is 16.5 Å². The summed E-state index contributed by atoms with van der Waals surface area (Å²) in [4.78, 5) is 10.9. The second-order valence-corrected chi connectivity index (χ2v) is 6.64. The van der Waals surface area contributed by atoms with Gasteiger partial charge in [0.25, 0.3) is 3.49 Å². The van der Waals surface area contributed by atoms with Crippen LogP contribution in [0.2, 0.25) is 0 Å². The average Bonchev–Trinajstić information content (AvgIpc) is 2.24. The minimum atomic E-state index is -2.06. The first-order chi connectivity index (χ1) is 7.84. The summed E-state index contributed by atoms with van der Waals surface area (Å²) in [5, 5.41) is 8.64. The van der Waals surface area contributed by atoms with Crippen LogP contribution in [0.5, 0.6) is 0 Å². The summed E-state index contributed by atoms with van der Waals surface area (Å²) < 4.78 is 16.6. The SMILES string of the molecule is CC(=O)OC(c1ccc(C#N)cc1)C(F)(Br)Br. The fourth-order valence-electron chi connectivity index (χ4n) is 1.22. The van der Waals surface area contributed by atoms with Gasteiger partial charge in [0.15, 0.2) is 6.10 Å². The van der Waals surface area contributed by atoms with E-state index in [-0.39, 0.29) is 0 Å². The molecule has 0 amide bonds. The first-order valence-corrected chi connectivity index (χ1v) is 6.17. The molecule has 6 heteroatoms. The predicted octanol–water partition coefficient (Wildman–Crippen LogP) is 3.58. The van der Waals surface area contributed by atoms with E-state index in [9.17, 15) is 9.18 Å². The molecule has 1 aromatic rings. The third-order valence-electron chi connectivity index (χ3n) is 1.92. The van der Waals surface area contributed by atoms with Gasteiger partial charge in [0.05, 0.1) is 11.6 Å². The molecule has 0 aliphatic carbocycles. The highest BCUT2D eigenvalue weighted by molar-refractivity contribution is 9.25. The number of carbonyl (C=O) groups excluding carboxylic acids is 1. The molecule has 3 nitrogen and oxygen atoms in total. The van der Waals surface area contributed by atoms with Gasteiger partial charge in [-0.3, -0.25) is 4.79 Å². The van der Waals surface area contributed by atoms with Crippen molar-refractivity contribution in [2.75, 3.05) is 0 Å². The maximum atomic E-state index is 13.8. The van der Waals surface area contributed by atoms with Gasteiger partial charge in [0.2, 0.25) is 0 Å². The summed E-state index contributed by atoms with van der Waals surface area (Å²) in [5.74, 6) is -0.597. The monoisotopic (exact) mass is 363 g/mol. The highest BCUT2D eigenvalue weighted by Gasteiger charge is 2.37. The highest BCUT2D eigenvalue weighted by atomic mass is 79.9. The number of hydrogen-bond donors (Lipinski definition) is 0. The van der Waals surface area contributed by atoms with E-state index < -0.39 is 15.6 Å². The summed E-state index contributed by atoms with van der Waals surface area (Å²) in [6, 6.07) is 8.06. The van der Waals surface area contributed by atoms with Gasteiger partial charge in [0, 0.05) is 6.92 Å². The Morgan fingerprint density at radius 1 is 1.47 bits per heavy atom. The maximum Gasteiger partial charge on any atom is 0.303 e. The normalized spacial score (nSPS) is 12.6. The maximum absolute atomic E-state index is 13.8. The van der Waals surface area contributed by atoms with Crippen LogP contribution in [0.15, 0.2) is 24.3 Å². The molecule has 0 radical (unpaired) electrons. The number of ether oxygens (including phenoxy) is 1. The van der Waals surface area contributed by atoms with Crippen LogP contribution in [0.3, 0.4) is 0 Å². The van der Waals surface area contributed by atoms with Crippen LogP contribution >= 0.6 is 31.9 Å². The van der Waals surface area contributed by atoms with Gasteiger partial charge in [-0.2, -0.15) is 5.26 Å². The fourth-order valence-corrected chi connectivity index (χ4v) is 1.94. The first kappa shape index (κ1) is 14.1. The van der Waals surface area contributed by atoms with Crippen molar-refractivity contribution < 1.29 is 13.9 Å². The Morgan fingerprint density at radius 2 is 2.00 bits per heavy atom. The van der Waals surface area contributed by atoms with E-state index in [1.165, 1.54) is 31.2 Å². The van der Waals surface area contributed by atoms with Crippen molar-refractivity contribution in [3.8, 4) is 6.07 Å². The number of halogens is 3. The Labute approximate surface area is 115 Å². The van der Waals surface area contributed by atoms with Crippen molar-refractivity contribution in [2.24, 2.45) is 0 Å². The van der Waals surface area contributed by atoms with Crippen LogP contribution in [-0.2, 0) is 9.53 Å². The largest absolute Gasteiger partial charge is 0.452 e. The molecular weight excluding hydrogens is 357 g/mol. The van der Waals surface area contributed by atoms with E-state index in [0.717, 1.165) is 0 Å². The van der Waals surface area contributed by atoms with Gasteiger partial charge in [0.1, 0.15) is 0 Å². The molecule has 0 saturated heterocycles. The van der Waals surface area contributed by atoms with Crippen LogP contribution in [0.1, 0.15) is 24.2 Å². The summed E-state index contributed by atoms with van der Waals surface area (Å²) in [6.45, 7) is 1.20. The van der Waals surface area contributed by atoms with Crippen molar-refractivity contribution in [1.82, 2.24) is 0 Å². The zero-order chi connectivity index (χ0) is 13.1. The number of nitriles is 1. The molecule has 90 valence electrons. The summed E-state index contributed by atoms with van der Waals surface area (Å²) in [5.41, 5.74) is 0.888. The van der Waals surface area contributed by atoms with Gasteiger partial charge in [-0.05, 0) is 49.6 Å². The zero-order valence-electron chi connectivity index (χ0n) is 8.78. The Balaban J connectivity index is 3.05. The number of carbonyl (C=O) groups is 1. The highest BCUT2D eigenvalue weighted by Crippen LogP contribution is 2.43. The molecule has 0 spiro atoms. The molecule has 17 heavy (non-hydrogen) atoms. The number of hydrogen-bond acceptors (Lipinski definition) is 3. The second-order valence-electron chi connectivity index (χ2n) is 3.26. The minimum absolute atomic E-state index is 0.440. The summed E-state index contributed by atoms with van der Waals surface area (Å²) in [6.07, 6.45) is -1.13. The number of nitrogens with zero attached hydrogens (tertiary/aromatic N) is 1. The van der Waals surface area contributed by atoms with Gasteiger partial charge in [-0.25, -0.2) is 4.39 Å². The van der Waals surface area contributed by atoms with Crippen molar-refractivity contribution in [1.29, 1.82) is 5.26 Å². The Bertz CT molecular complexity index is 448. The lowest BCUT2D eigenvalue weighted by atomic mass is 10.1. The number of alkyl halides is 3. The molecule has 0 N–H and O–H groups in total. The zero-order valence-corrected chi connectivity index (χ0v) is 12.0. The smallest absolute Gasteiger partial charge is 0.303 e. The Morgan fingerprint density at radius 3 is 2.35 bits per heavy atom. The van der Waals surface area contributed by atoms with Crippen molar-refractivity contribution in [3.63, 3.8) is 0 Å². The molecule has 0 fully saturated rings.